The molecule has 2 aromatic carbocycles. The molecule has 0 aliphatic rings. The number of benzene rings is 2. The maximum atomic E-state index is 11.8. The van der Waals surface area contributed by atoms with Crippen LogP contribution < -0.4 is 5.06 Å². The SMILES string of the molecule is O=C(c1ccccc1)N(O)c1ccccc1.[Cr]. The zero-order valence-corrected chi connectivity index (χ0v) is 10.3. The molecule has 1 N–H and O–H groups in total. The monoisotopic (exact) mass is 265 g/mol. The van der Waals surface area contributed by atoms with Crippen molar-refractivity contribution < 1.29 is 27.4 Å². The third kappa shape index (κ3) is 3.18. The van der Waals surface area contributed by atoms with Crippen molar-refractivity contribution in [2.75, 3.05) is 5.06 Å². The summed E-state index contributed by atoms with van der Waals surface area (Å²) in [5.41, 5.74) is 0.908. The van der Waals surface area contributed by atoms with Crippen LogP contribution in [0.1, 0.15) is 10.4 Å². The summed E-state index contributed by atoms with van der Waals surface area (Å²) in [4.78, 5) is 11.8. The second-order valence-corrected chi connectivity index (χ2v) is 3.32. The van der Waals surface area contributed by atoms with Crippen LogP contribution >= 0.6 is 0 Å². The molecular weight excluding hydrogens is 254 g/mol. The van der Waals surface area contributed by atoms with Crippen molar-refractivity contribution in [1.82, 2.24) is 0 Å². The quantitative estimate of drug-likeness (QED) is 0.670. The van der Waals surface area contributed by atoms with Crippen molar-refractivity contribution in [2.24, 2.45) is 0 Å². The Kier molecular flexibility index (Phi) is 4.92. The molecule has 0 unspecified atom stereocenters. The van der Waals surface area contributed by atoms with Crippen LogP contribution in [-0.4, -0.2) is 11.1 Å². The molecule has 0 radical (unpaired) electrons. The molecule has 0 saturated heterocycles. The summed E-state index contributed by atoms with van der Waals surface area (Å²) in [6.45, 7) is 0. The number of nitrogens with zero attached hydrogens (tertiary/aromatic N) is 1. The minimum atomic E-state index is -0.438. The van der Waals surface area contributed by atoms with Crippen LogP contribution in [0.15, 0.2) is 60.7 Å². The van der Waals surface area contributed by atoms with E-state index in [0.29, 0.717) is 16.3 Å². The van der Waals surface area contributed by atoms with Gasteiger partial charge in [0, 0.05) is 22.9 Å². The minimum absolute atomic E-state index is 0. The number of hydroxylamine groups is 1. The molecule has 0 fully saturated rings. The fraction of sp³-hybridized carbons (Fsp3) is 0. The molecule has 0 aromatic heterocycles. The normalized spacial score (nSPS) is 9.24. The van der Waals surface area contributed by atoms with Gasteiger partial charge in [-0.2, -0.15) is 5.06 Å². The molecule has 0 aliphatic heterocycles. The van der Waals surface area contributed by atoms with Gasteiger partial charge >= 0.3 is 0 Å². The average molecular weight is 265 g/mol. The van der Waals surface area contributed by atoms with Crippen LogP contribution in [-0.2, 0) is 17.4 Å². The van der Waals surface area contributed by atoms with E-state index in [1.807, 2.05) is 12.1 Å². The van der Waals surface area contributed by atoms with Gasteiger partial charge in [0.15, 0.2) is 0 Å². The van der Waals surface area contributed by atoms with Gasteiger partial charge in [0.2, 0.25) is 0 Å². The maximum absolute atomic E-state index is 11.8. The van der Waals surface area contributed by atoms with E-state index in [-0.39, 0.29) is 17.4 Å². The first-order valence-electron chi connectivity index (χ1n) is 4.92. The summed E-state index contributed by atoms with van der Waals surface area (Å²) >= 11 is 0. The second-order valence-electron chi connectivity index (χ2n) is 3.32. The Hall–Kier alpha value is -1.60. The number of para-hydroxylation sites is 1. The molecule has 86 valence electrons. The molecule has 0 saturated carbocycles. The van der Waals surface area contributed by atoms with E-state index in [4.69, 9.17) is 0 Å². The summed E-state index contributed by atoms with van der Waals surface area (Å²) in [5, 5.41) is 10.4. The van der Waals surface area contributed by atoms with Gasteiger partial charge in [-0.1, -0.05) is 36.4 Å². The number of amides is 1. The standard InChI is InChI=1S/C13H11NO2.Cr/c15-13(11-7-3-1-4-8-11)14(16)12-9-5-2-6-10-12;/h1-10,16H;. The Morgan fingerprint density at radius 3 is 1.88 bits per heavy atom. The number of rotatable bonds is 2. The first-order chi connectivity index (χ1) is 7.79. The van der Waals surface area contributed by atoms with E-state index in [2.05, 4.69) is 0 Å². The van der Waals surface area contributed by atoms with E-state index in [1.165, 1.54) is 0 Å². The van der Waals surface area contributed by atoms with Crippen molar-refractivity contribution in [3.05, 3.63) is 66.2 Å². The molecule has 2 rings (SSSR count). The van der Waals surface area contributed by atoms with Gasteiger partial charge in [-0.15, -0.1) is 0 Å². The smallest absolute Gasteiger partial charge is 0.281 e. The van der Waals surface area contributed by atoms with Crippen LogP contribution in [0.2, 0.25) is 0 Å². The first kappa shape index (κ1) is 13.5. The third-order valence-electron chi connectivity index (χ3n) is 2.21. The Morgan fingerprint density at radius 1 is 0.882 bits per heavy atom. The van der Waals surface area contributed by atoms with Crippen molar-refractivity contribution in [1.29, 1.82) is 0 Å². The number of hydrogen-bond donors (Lipinski definition) is 1. The number of anilines is 1. The summed E-state index contributed by atoms with van der Waals surface area (Å²) in [6.07, 6.45) is 0. The molecule has 0 bridgehead atoms. The van der Waals surface area contributed by atoms with Gasteiger partial charge in [0.1, 0.15) is 0 Å². The molecule has 0 aliphatic carbocycles. The van der Waals surface area contributed by atoms with E-state index in [1.54, 1.807) is 48.5 Å². The van der Waals surface area contributed by atoms with Crippen molar-refractivity contribution >= 4 is 11.6 Å². The van der Waals surface area contributed by atoms with E-state index >= 15 is 0 Å². The molecule has 0 atom stereocenters. The molecule has 3 nitrogen and oxygen atoms in total. The minimum Gasteiger partial charge on any atom is -0.281 e. The van der Waals surface area contributed by atoms with Crippen LogP contribution in [0.25, 0.3) is 0 Å². The van der Waals surface area contributed by atoms with Gasteiger partial charge in [0.05, 0.1) is 5.69 Å². The van der Waals surface area contributed by atoms with E-state index < -0.39 is 5.91 Å². The van der Waals surface area contributed by atoms with E-state index in [9.17, 15) is 10.0 Å². The second kappa shape index (κ2) is 6.21. The topological polar surface area (TPSA) is 40.5 Å². The van der Waals surface area contributed by atoms with E-state index in [0.717, 1.165) is 0 Å². The van der Waals surface area contributed by atoms with Gasteiger partial charge in [0.25, 0.3) is 5.91 Å². The van der Waals surface area contributed by atoms with Gasteiger partial charge in [-0.25, -0.2) is 0 Å². The van der Waals surface area contributed by atoms with Crippen molar-refractivity contribution in [3.63, 3.8) is 0 Å². The Labute approximate surface area is 110 Å². The molecule has 2 aromatic rings. The van der Waals surface area contributed by atoms with Gasteiger partial charge < -0.3 is 0 Å². The molecule has 0 spiro atoms. The Balaban J connectivity index is 0.00000144. The molecule has 17 heavy (non-hydrogen) atoms. The third-order valence-corrected chi connectivity index (χ3v) is 2.21. The summed E-state index contributed by atoms with van der Waals surface area (Å²) < 4.78 is 0. The molecule has 0 heterocycles. The largest absolute Gasteiger partial charge is 0.281 e. The molecule has 1 amide bonds. The summed E-state index contributed by atoms with van der Waals surface area (Å²) in [5.74, 6) is -0.438. The number of carbonyl (C=O) groups is 1. The van der Waals surface area contributed by atoms with Crippen LogP contribution in [0.5, 0.6) is 0 Å². The molecular formula is C13H11CrNO2. The van der Waals surface area contributed by atoms with Crippen LogP contribution in [0.3, 0.4) is 0 Å². The first-order valence-corrected chi connectivity index (χ1v) is 4.92. The van der Waals surface area contributed by atoms with Gasteiger partial charge in [-0.3, -0.25) is 10.0 Å². The Morgan fingerprint density at radius 2 is 1.35 bits per heavy atom. The number of carbonyl (C=O) groups excluding carboxylic acids is 1. The Bertz CT molecular complexity index is 473. The zero-order chi connectivity index (χ0) is 11.4. The average Bonchev–Trinajstić information content (AvgIpc) is 2.39. The van der Waals surface area contributed by atoms with Crippen molar-refractivity contribution in [3.8, 4) is 0 Å². The summed E-state index contributed by atoms with van der Waals surface area (Å²) in [7, 11) is 0. The fourth-order valence-corrected chi connectivity index (χ4v) is 1.39. The number of hydrogen-bond acceptors (Lipinski definition) is 2. The van der Waals surface area contributed by atoms with Crippen molar-refractivity contribution in [2.45, 2.75) is 0 Å². The zero-order valence-electron chi connectivity index (χ0n) is 8.98. The fourth-order valence-electron chi connectivity index (χ4n) is 1.39. The summed E-state index contributed by atoms with van der Waals surface area (Å²) in [6, 6.07) is 17.3. The maximum Gasteiger partial charge on any atom is 0.281 e. The molecule has 4 heteroatoms. The van der Waals surface area contributed by atoms with Crippen LogP contribution in [0, 0.1) is 0 Å². The predicted molar refractivity (Wildman–Crippen MR) is 61.5 cm³/mol. The predicted octanol–water partition coefficient (Wildman–Crippen LogP) is 2.72. The van der Waals surface area contributed by atoms with Gasteiger partial charge in [-0.05, 0) is 24.3 Å². The van der Waals surface area contributed by atoms with Crippen LogP contribution in [0.4, 0.5) is 5.69 Å².